The zero-order valence-corrected chi connectivity index (χ0v) is 18.9. The maximum absolute atomic E-state index is 13.0. The Balaban J connectivity index is 1.67. The third-order valence-corrected chi connectivity index (χ3v) is 5.73. The number of halogens is 4. The summed E-state index contributed by atoms with van der Waals surface area (Å²) >= 11 is 7.77. The molecule has 5 nitrogen and oxygen atoms in total. The third-order valence-electron chi connectivity index (χ3n) is 4.91. The van der Waals surface area contributed by atoms with E-state index in [9.17, 15) is 18.0 Å². The smallest absolute Gasteiger partial charge is 0.322 e. The van der Waals surface area contributed by atoms with Crippen LogP contribution in [0.25, 0.3) is 22.2 Å². The van der Waals surface area contributed by atoms with Gasteiger partial charge in [0.2, 0.25) is 0 Å². The first-order valence-corrected chi connectivity index (χ1v) is 11.2. The number of nitrogens with zero attached hydrogens (tertiary/aromatic N) is 3. The second-order valence-electron chi connectivity index (χ2n) is 7.16. The van der Waals surface area contributed by atoms with Crippen LogP contribution in [-0.4, -0.2) is 27.1 Å². The predicted octanol–water partition coefficient (Wildman–Crippen LogP) is 6.65. The molecule has 168 valence electrons. The van der Waals surface area contributed by atoms with E-state index in [4.69, 9.17) is 11.6 Å². The van der Waals surface area contributed by atoms with E-state index in [-0.39, 0.29) is 10.7 Å². The molecule has 0 fully saturated rings. The Bertz CT molecular complexity index is 1380. The van der Waals surface area contributed by atoms with Gasteiger partial charge in [0, 0.05) is 28.4 Å². The van der Waals surface area contributed by atoms with Gasteiger partial charge in [-0.3, -0.25) is 4.79 Å². The molecule has 0 radical (unpaired) electrons. The molecule has 0 saturated heterocycles. The molecule has 2 aromatic carbocycles. The summed E-state index contributed by atoms with van der Waals surface area (Å²) in [5.41, 5.74) is 2.09. The van der Waals surface area contributed by atoms with Crippen LogP contribution in [0.2, 0.25) is 5.15 Å². The molecular weight excluding hydrogens is 473 g/mol. The number of amides is 1. The zero-order valence-electron chi connectivity index (χ0n) is 17.4. The van der Waals surface area contributed by atoms with Crippen molar-refractivity contribution in [3.05, 3.63) is 76.6 Å². The number of nitrogens with one attached hydrogen (secondary N) is 1. The maximum atomic E-state index is 13.0. The van der Waals surface area contributed by atoms with Crippen LogP contribution in [0.3, 0.4) is 0 Å². The number of fused-ring (bicyclic) bond motifs is 1. The first-order valence-electron chi connectivity index (χ1n) is 9.62. The number of hydrogen-bond acceptors (Lipinski definition) is 5. The number of carbonyl (C=O) groups is 1. The van der Waals surface area contributed by atoms with E-state index in [0.29, 0.717) is 33.0 Å². The summed E-state index contributed by atoms with van der Waals surface area (Å²) in [6, 6.07) is 11.2. The minimum absolute atomic E-state index is 0.0967. The normalized spacial score (nSPS) is 11.6. The minimum atomic E-state index is -4.53. The van der Waals surface area contributed by atoms with Crippen molar-refractivity contribution >= 4 is 45.9 Å². The molecule has 0 spiro atoms. The topological polar surface area (TPSA) is 67.8 Å². The number of benzene rings is 2. The van der Waals surface area contributed by atoms with Gasteiger partial charge < -0.3 is 5.32 Å². The number of aromatic nitrogens is 3. The van der Waals surface area contributed by atoms with E-state index in [1.165, 1.54) is 23.9 Å². The summed E-state index contributed by atoms with van der Waals surface area (Å²) in [6.45, 7) is 1.88. The number of rotatable bonds is 4. The van der Waals surface area contributed by atoms with Gasteiger partial charge >= 0.3 is 6.18 Å². The van der Waals surface area contributed by atoms with Crippen molar-refractivity contribution in [3.8, 4) is 11.3 Å². The standard InChI is InChI=1S/C23H16ClF3N4OS/c1-12-6-7-16(29-21(32)13-4-3-5-15(8-13)23(25,26)27)10-17(12)18-9-14-11-28-22(33-2)31-19(14)20(24)30-18/h3-11H,1-2H3,(H,29,32). The molecule has 0 aliphatic carbocycles. The highest BCUT2D eigenvalue weighted by Crippen LogP contribution is 2.32. The maximum Gasteiger partial charge on any atom is 0.416 e. The molecule has 4 aromatic rings. The SMILES string of the molecule is CSc1ncc2cc(-c3cc(NC(=O)c4cccc(C(F)(F)F)c4)ccc3C)nc(Cl)c2n1. The zero-order chi connectivity index (χ0) is 23.8. The monoisotopic (exact) mass is 488 g/mol. The van der Waals surface area contributed by atoms with Crippen molar-refractivity contribution in [3.63, 3.8) is 0 Å². The van der Waals surface area contributed by atoms with Crippen LogP contribution in [0.1, 0.15) is 21.5 Å². The Labute approximate surface area is 196 Å². The number of thioether (sulfide) groups is 1. The third kappa shape index (κ3) is 4.94. The van der Waals surface area contributed by atoms with Crippen molar-refractivity contribution in [1.29, 1.82) is 0 Å². The molecule has 4 rings (SSSR count). The molecule has 33 heavy (non-hydrogen) atoms. The average Bonchev–Trinajstić information content (AvgIpc) is 2.79. The number of pyridine rings is 1. The van der Waals surface area contributed by atoms with Crippen molar-refractivity contribution in [2.45, 2.75) is 18.3 Å². The largest absolute Gasteiger partial charge is 0.416 e. The fourth-order valence-corrected chi connectivity index (χ4v) is 3.82. The number of anilines is 1. The van der Waals surface area contributed by atoms with E-state index in [1.54, 1.807) is 30.5 Å². The van der Waals surface area contributed by atoms with Crippen molar-refractivity contribution in [2.75, 3.05) is 11.6 Å². The van der Waals surface area contributed by atoms with Crippen LogP contribution in [-0.2, 0) is 6.18 Å². The summed E-state index contributed by atoms with van der Waals surface area (Å²) in [5.74, 6) is -0.654. The first-order chi connectivity index (χ1) is 15.7. The fourth-order valence-electron chi connectivity index (χ4n) is 3.24. The van der Waals surface area contributed by atoms with Gasteiger partial charge in [-0.15, -0.1) is 0 Å². The second-order valence-corrected chi connectivity index (χ2v) is 8.29. The second kappa shape index (κ2) is 8.99. The molecule has 1 amide bonds. The molecule has 0 atom stereocenters. The molecule has 10 heteroatoms. The van der Waals surface area contributed by atoms with E-state index >= 15 is 0 Å². The highest BCUT2D eigenvalue weighted by Gasteiger charge is 2.30. The number of carbonyl (C=O) groups excluding carboxylic acids is 1. The lowest BCUT2D eigenvalue weighted by Crippen LogP contribution is -2.14. The fraction of sp³-hybridized carbons (Fsp3) is 0.130. The average molecular weight is 489 g/mol. The van der Waals surface area contributed by atoms with Crippen molar-refractivity contribution in [1.82, 2.24) is 15.0 Å². The molecular formula is C23H16ClF3N4OS. The van der Waals surface area contributed by atoms with Crippen LogP contribution in [0.15, 0.2) is 59.9 Å². The Kier molecular flexibility index (Phi) is 6.27. The van der Waals surface area contributed by atoms with Gasteiger partial charge in [-0.1, -0.05) is 35.5 Å². The Morgan fingerprint density at radius 1 is 1.09 bits per heavy atom. The molecule has 0 unspecified atom stereocenters. The quantitative estimate of drug-likeness (QED) is 0.198. The number of hydrogen-bond donors (Lipinski definition) is 1. The summed E-state index contributed by atoms with van der Waals surface area (Å²) < 4.78 is 38.9. The molecule has 0 saturated carbocycles. The lowest BCUT2D eigenvalue weighted by molar-refractivity contribution is -0.137. The van der Waals surface area contributed by atoms with E-state index in [2.05, 4.69) is 20.3 Å². The molecule has 2 aromatic heterocycles. The van der Waals surface area contributed by atoms with Crippen LogP contribution in [0.5, 0.6) is 0 Å². The summed E-state index contributed by atoms with van der Waals surface area (Å²) in [7, 11) is 0. The van der Waals surface area contributed by atoms with Gasteiger partial charge in [0.05, 0.1) is 11.3 Å². The van der Waals surface area contributed by atoms with E-state index in [0.717, 1.165) is 17.7 Å². The van der Waals surface area contributed by atoms with E-state index < -0.39 is 17.6 Å². The minimum Gasteiger partial charge on any atom is -0.322 e. The van der Waals surface area contributed by atoms with Crippen LogP contribution < -0.4 is 5.32 Å². The Morgan fingerprint density at radius 2 is 1.88 bits per heavy atom. The van der Waals surface area contributed by atoms with E-state index in [1.807, 2.05) is 13.2 Å². The molecule has 0 aliphatic rings. The lowest BCUT2D eigenvalue weighted by Gasteiger charge is -2.12. The first kappa shape index (κ1) is 23.0. The van der Waals surface area contributed by atoms with Crippen LogP contribution in [0.4, 0.5) is 18.9 Å². The van der Waals surface area contributed by atoms with Crippen molar-refractivity contribution < 1.29 is 18.0 Å². The highest BCUT2D eigenvalue weighted by molar-refractivity contribution is 7.98. The predicted molar refractivity (Wildman–Crippen MR) is 124 cm³/mol. The number of aryl methyl sites for hydroxylation is 1. The van der Waals surface area contributed by atoms with Gasteiger partial charge in [0.25, 0.3) is 5.91 Å². The molecule has 0 aliphatic heterocycles. The van der Waals surface area contributed by atoms with Crippen LogP contribution in [0, 0.1) is 6.92 Å². The number of alkyl halides is 3. The lowest BCUT2D eigenvalue weighted by atomic mass is 10.0. The summed E-state index contributed by atoms with van der Waals surface area (Å²) in [4.78, 5) is 25.7. The van der Waals surface area contributed by atoms with Gasteiger partial charge in [-0.05, 0) is 55.1 Å². The molecule has 0 bridgehead atoms. The summed E-state index contributed by atoms with van der Waals surface area (Å²) in [6.07, 6.45) is -1.01. The summed E-state index contributed by atoms with van der Waals surface area (Å²) in [5, 5.41) is 4.15. The van der Waals surface area contributed by atoms with Crippen LogP contribution >= 0.6 is 23.4 Å². The highest BCUT2D eigenvalue weighted by atomic mass is 35.5. The molecule has 1 N–H and O–H groups in total. The van der Waals surface area contributed by atoms with Gasteiger partial charge in [0.1, 0.15) is 5.52 Å². The Hall–Kier alpha value is -3.17. The van der Waals surface area contributed by atoms with Gasteiger partial charge in [-0.25, -0.2) is 15.0 Å². The Morgan fingerprint density at radius 3 is 2.61 bits per heavy atom. The van der Waals surface area contributed by atoms with Crippen molar-refractivity contribution in [2.24, 2.45) is 0 Å². The van der Waals surface area contributed by atoms with Gasteiger partial charge in [0.15, 0.2) is 10.3 Å². The van der Waals surface area contributed by atoms with Gasteiger partial charge in [-0.2, -0.15) is 13.2 Å². The molecule has 2 heterocycles.